The molecule has 0 unspecified atom stereocenters. The minimum atomic E-state index is 0.283. The van der Waals surface area contributed by atoms with Gasteiger partial charge in [0.15, 0.2) is 11.5 Å². The molecule has 5 nitrogen and oxygen atoms in total. The molecule has 0 N–H and O–H groups in total. The molecule has 1 saturated heterocycles. The first-order chi connectivity index (χ1) is 11.4. The Kier molecular flexibility index (Phi) is 3.86. The third-order valence-corrected chi connectivity index (χ3v) is 3.99. The smallest absolute Gasteiger partial charge is 0.231 e. The number of aliphatic imine (C=N–C) groups is 1. The van der Waals surface area contributed by atoms with E-state index < -0.39 is 0 Å². The minimum absolute atomic E-state index is 0.283. The number of hydrogen-bond donors (Lipinski definition) is 0. The molecule has 0 atom stereocenters. The molecule has 2 aromatic rings. The van der Waals surface area contributed by atoms with Crippen molar-refractivity contribution in [3.8, 4) is 11.5 Å². The SMILES string of the molecule is C(=Nc1ccc2c(c1)OCO2)c1ccc(N2CCOCC2)cc1. The fraction of sp³-hybridized carbons (Fsp3) is 0.278. The molecule has 0 bridgehead atoms. The van der Waals surface area contributed by atoms with Crippen LogP contribution >= 0.6 is 0 Å². The van der Waals surface area contributed by atoms with Crippen molar-refractivity contribution >= 4 is 17.6 Å². The fourth-order valence-electron chi connectivity index (χ4n) is 2.71. The van der Waals surface area contributed by atoms with Crippen LogP contribution in [0.25, 0.3) is 0 Å². The second kappa shape index (κ2) is 6.30. The maximum absolute atomic E-state index is 5.38. The van der Waals surface area contributed by atoms with Gasteiger partial charge in [-0.2, -0.15) is 0 Å². The summed E-state index contributed by atoms with van der Waals surface area (Å²) in [5.41, 5.74) is 3.15. The van der Waals surface area contributed by atoms with E-state index in [0.29, 0.717) is 0 Å². The standard InChI is InChI=1S/C18H18N2O3/c1-4-16(20-7-9-21-10-8-20)5-2-14(1)12-19-15-3-6-17-18(11-15)23-13-22-17/h1-6,11-12H,7-10,13H2. The lowest BCUT2D eigenvalue weighted by Crippen LogP contribution is -2.36. The monoisotopic (exact) mass is 310 g/mol. The van der Waals surface area contributed by atoms with Crippen molar-refractivity contribution < 1.29 is 14.2 Å². The minimum Gasteiger partial charge on any atom is -0.454 e. The summed E-state index contributed by atoms with van der Waals surface area (Å²) in [6.07, 6.45) is 1.86. The van der Waals surface area contributed by atoms with Crippen LogP contribution in [0, 0.1) is 0 Å². The molecule has 2 heterocycles. The number of rotatable bonds is 3. The lowest BCUT2D eigenvalue weighted by molar-refractivity contribution is 0.122. The van der Waals surface area contributed by atoms with E-state index in [1.807, 2.05) is 24.4 Å². The van der Waals surface area contributed by atoms with Crippen molar-refractivity contribution in [1.29, 1.82) is 0 Å². The van der Waals surface area contributed by atoms with Gasteiger partial charge in [-0.3, -0.25) is 4.99 Å². The first-order valence-electron chi connectivity index (χ1n) is 7.75. The molecule has 118 valence electrons. The van der Waals surface area contributed by atoms with Gasteiger partial charge in [-0.15, -0.1) is 0 Å². The molecular formula is C18H18N2O3. The summed E-state index contributed by atoms with van der Waals surface area (Å²) in [6, 6.07) is 14.1. The average molecular weight is 310 g/mol. The summed E-state index contributed by atoms with van der Waals surface area (Å²) in [4.78, 5) is 6.84. The Morgan fingerprint density at radius 2 is 1.70 bits per heavy atom. The Labute approximate surface area is 135 Å². The van der Waals surface area contributed by atoms with Gasteiger partial charge in [-0.25, -0.2) is 0 Å². The van der Waals surface area contributed by atoms with E-state index in [2.05, 4.69) is 34.2 Å². The first-order valence-corrected chi connectivity index (χ1v) is 7.75. The molecule has 5 heteroatoms. The predicted molar refractivity (Wildman–Crippen MR) is 89.3 cm³/mol. The molecule has 4 rings (SSSR count). The van der Waals surface area contributed by atoms with Crippen LogP contribution in [0.15, 0.2) is 47.5 Å². The maximum Gasteiger partial charge on any atom is 0.231 e. The molecule has 23 heavy (non-hydrogen) atoms. The van der Waals surface area contributed by atoms with E-state index in [0.717, 1.165) is 49.1 Å². The zero-order valence-corrected chi connectivity index (χ0v) is 12.8. The van der Waals surface area contributed by atoms with Gasteiger partial charge in [0.2, 0.25) is 6.79 Å². The van der Waals surface area contributed by atoms with E-state index in [4.69, 9.17) is 14.2 Å². The number of morpholine rings is 1. The van der Waals surface area contributed by atoms with Gasteiger partial charge in [0.05, 0.1) is 18.9 Å². The first kappa shape index (κ1) is 14.1. The molecule has 0 radical (unpaired) electrons. The van der Waals surface area contributed by atoms with Crippen LogP contribution in [0.1, 0.15) is 5.56 Å². The zero-order chi connectivity index (χ0) is 15.5. The van der Waals surface area contributed by atoms with Crippen molar-refractivity contribution in [3.63, 3.8) is 0 Å². The highest BCUT2D eigenvalue weighted by Crippen LogP contribution is 2.35. The Hall–Kier alpha value is -2.53. The molecule has 2 aliphatic rings. The van der Waals surface area contributed by atoms with E-state index >= 15 is 0 Å². The quantitative estimate of drug-likeness (QED) is 0.818. The second-order valence-corrected chi connectivity index (χ2v) is 5.49. The van der Waals surface area contributed by atoms with Crippen molar-refractivity contribution in [2.24, 2.45) is 4.99 Å². The van der Waals surface area contributed by atoms with Gasteiger partial charge in [-0.05, 0) is 29.8 Å². The van der Waals surface area contributed by atoms with Crippen LogP contribution in [0.4, 0.5) is 11.4 Å². The summed E-state index contributed by atoms with van der Waals surface area (Å²) in [7, 11) is 0. The van der Waals surface area contributed by atoms with Crippen molar-refractivity contribution in [2.75, 3.05) is 38.0 Å². The van der Waals surface area contributed by atoms with Crippen LogP contribution in [-0.2, 0) is 4.74 Å². The normalized spacial score (nSPS) is 17.0. The van der Waals surface area contributed by atoms with Crippen LogP contribution in [-0.4, -0.2) is 39.3 Å². The summed E-state index contributed by atoms with van der Waals surface area (Å²) in [6.45, 7) is 3.78. The van der Waals surface area contributed by atoms with Crippen molar-refractivity contribution in [2.45, 2.75) is 0 Å². The predicted octanol–water partition coefficient (Wildman–Crippen LogP) is 3.00. The van der Waals surface area contributed by atoms with E-state index in [9.17, 15) is 0 Å². The molecular weight excluding hydrogens is 292 g/mol. The number of fused-ring (bicyclic) bond motifs is 1. The molecule has 0 spiro atoms. The Morgan fingerprint density at radius 3 is 2.52 bits per heavy atom. The molecule has 2 aromatic carbocycles. The average Bonchev–Trinajstić information content (AvgIpc) is 3.09. The molecule has 0 amide bonds. The molecule has 0 aliphatic carbocycles. The Bertz CT molecular complexity index is 707. The fourth-order valence-corrected chi connectivity index (χ4v) is 2.71. The largest absolute Gasteiger partial charge is 0.454 e. The van der Waals surface area contributed by atoms with Gasteiger partial charge in [0.25, 0.3) is 0 Å². The van der Waals surface area contributed by atoms with Gasteiger partial charge in [0.1, 0.15) is 0 Å². The lowest BCUT2D eigenvalue weighted by Gasteiger charge is -2.28. The molecule has 0 aromatic heterocycles. The molecule has 2 aliphatic heterocycles. The maximum atomic E-state index is 5.38. The van der Waals surface area contributed by atoms with Crippen molar-refractivity contribution in [1.82, 2.24) is 0 Å². The highest BCUT2D eigenvalue weighted by molar-refractivity contribution is 5.82. The number of benzene rings is 2. The number of nitrogens with zero attached hydrogens (tertiary/aromatic N) is 2. The van der Waals surface area contributed by atoms with Gasteiger partial charge < -0.3 is 19.1 Å². The third kappa shape index (κ3) is 3.14. The van der Waals surface area contributed by atoms with Crippen LogP contribution in [0.5, 0.6) is 11.5 Å². The topological polar surface area (TPSA) is 43.3 Å². The van der Waals surface area contributed by atoms with Crippen molar-refractivity contribution in [3.05, 3.63) is 48.0 Å². The Balaban J connectivity index is 1.46. The van der Waals surface area contributed by atoms with Gasteiger partial charge in [0, 0.05) is 31.1 Å². The Morgan fingerprint density at radius 1 is 0.913 bits per heavy atom. The third-order valence-electron chi connectivity index (χ3n) is 3.99. The van der Waals surface area contributed by atoms with E-state index in [-0.39, 0.29) is 6.79 Å². The zero-order valence-electron chi connectivity index (χ0n) is 12.8. The lowest BCUT2D eigenvalue weighted by atomic mass is 10.2. The summed E-state index contributed by atoms with van der Waals surface area (Å²) in [5, 5.41) is 0. The van der Waals surface area contributed by atoms with Crippen LogP contribution in [0.2, 0.25) is 0 Å². The van der Waals surface area contributed by atoms with Gasteiger partial charge in [-0.1, -0.05) is 12.1 Å². The highest BCUT2D eigenvalue weighted by Gasteiger charge is 2.13. The summed E-state index contributed by atoms with van der Waals surface area (Å²) in [5.74, 6) is 1.53. The van der Waals surface area contributed by atoms with Crippen LogP contribution in [0.3, 0.4) is 0 Å². The highest BCUT2D eigenvalue weighted by atomic mass is 16.7. The number of hydrogen-bond acceptors (Lipinski definition) is 5. The van der Waals surface area contributed by atoms with E-state index in [1.54, 1.807) is 0 Å². The summed E-state index contributed by atoms with van der Waals surface area (Å²) >= 11 is 0. The van der Waals surface area contributed by atoms with E-state index in [1.165, 1.54) is 5.69 Å². The number of ether oxygens (including phenoxy) is 3. The molecule has 0 saturated carbocycles. The molecule has 1 fully saturated rings. The van der Waals surface area contributed by atoms with Gasteiger partial charge >= 0.3 is 0 Å². The number of anilines is 1. The van der Waals surface area contributed by atoms with Crippen LogP contribution < -0.4 is 14.4 Å². The second-order valence-electron chi connectivity index (χ2n) is 5.49. The summed E-state index contributed by atoms with van der Waals surface area (Å²) < 4.78 is 16.0.